The lowest BCUT2D eigenvalue weighted by Gasteiger charge is -2.22. The molecule has 0 aliphatic carbocycles. The topological polar surface area (TPSA) is 107 Å². The number of nitrogen functional groups attached to an aromatic ring is 4. The largest absolute Gasteiger partial charge is 0.399 e. The van der Waals surface area contributed by atoms with E-state index in [1.165, 1.54) is 0 Å². The van der Waals surface area contributed by atoms with Crippen molar-refractivity contribution in [2.75, 3.05) is 34.9 Å². The van der Waals surface area contributed by atoms with Crippen molar-refractivity contribution in [3.8, 4) is 0 Å². The third-order valence-corrected chi connectivity index (χ3v) is 3.10. The maximum absolute atomic E-state index is 5.98. The predicted octanol–water partition coefficient (Wildman–Crippen LogP) is 1.65. The van der Waals surface area contributed by atoms with Crippen molar-refractivity contribution in [2.24, 2.45) is 0 Å². The fourth-order valence-corrected chi connectivity index (χ4v) is 2.01. The molecule has 5 nitrogen and oxygen atoms in total. The Morgan fingerprint density at radius 3 is 2.42 bits per heavy atom. The van der Waals surface area contributed by atoms with Crippen LogP contribution in [0.5, 0.6) is 0 Å². The number of para-hydroxylation sites is 1. The van der Waals surface area contributed by atoms with Crippen molar-refractivity contribution < 1.29 is 0 Å². The Hall–Kier alpha value is -2.56. The zero-order chi connectivity index (χ0) is 14.0. The van der Waals surface area contributed by atoms with E-state index in [9.17, 15) is 0 Å². The molecule has 0 radical (unpaired) electrons. The molecular weight excluding hydrogens is 238 g/mol. The van der Waals surface area contributed by atoms with Crippen LogP contribution >= 0.6 is 0 Å². The van der Waals surface area contributed by atoms with E-state index in [1.807, 2.05) is 30.1 Å². The summed E-state index contributed by atoms with van der Waals surface area (Å²) >= 11 is 0. The first-order valence-corrected chi connectivity index (χ1v) is 5.98. The van der Waals surface area contributed by atoms with Gasteiger partial charge in [0.1, 0.15) is 0 Å². The summed E-state index contributed by atoms with van der Waals surface area (Å²) in [5.74, 6) is 0. The van der Waals surface area contributed by atoms with Gasteiger partial charge in [0.25, 0.3) is 0 Å². The molecule has 0 fully saturated rings. The molecule has 0 atom stereocenters. The minimum atomic E-state index is 0.574. The first-order chi connectivity index (χ1) is 8.99. The maximum atomic E-state index is 5.98. The molecule has 0 aliphatic rings. The SMILES string of the molecule is CN(Cc1cc(N)ccc1N)c1cccc(N)c1N. The smallest absolute Gasteiger partial charge is 0.0785 e. The molecule has 0 aliphatic heterocycles. The average molecular weight is 257 g/mol. The van der Waals surface area contributed by atoms with Gasteiger partial charge in [-0.2, -0.15) is 0 Å². The maximum Gasteiger partial charge on any atom is 0.0785 e. The third-order valence-electron chi connectivity index (χ3n) is 3.10. The molecule has 2 rings (SSSR count). The average Bonchev–Trinajstić information content (AvgIpc) is 2.37. The van der Waals surface area contributed by atoms with Gasteiger partial charge in [0.2, 0.25) is 0 Å². The van der Waals surface area contributed by atoms with E-state index in [0.717, 1.165) is 11.3 Å². The Morgan fingerprint density at radius 1 is 0.947 bits per heavy atom. The normalized spacial score (nSPS) is 10.4. The fraction of sp³-hybridized carbons (Fsp3) is 0.143. The summed E-state index contributed by atoms with van der Waals surface area (Å²) in [5.41, 5.74) is 27.9. The third kappa shape index (κ3) is 2.65. The minimum absolute atomic E-state index is 0.574. The molecule has 5 heteroatoms. The van der Waals surface area contributed by atoms with Crippen LogP contribution in [-0.4, -0.2) is 7.05 Å². The van der Waals surface area contributed by atoms with Crippen molar-refractivity contribution >= 4 is 28.4 Å². The molecule has 2 aromatic rings. The number of hydrogen-bond donors (Lipinski definition) is 4. The molecule has 0 heterocycles. The van der Waals surface area contributed by atoms with Crippen LogP contribution in [0, 0.1) is 0 Å². The number of anilines is 5. The van der Waals surface area contributed by atoms with Crippen LogP contribution in [0.25, 0.3) is 0 Å². The first kappa shape index (κ1) is 12.9. The highest BCUT2D eigenvalue weighted by Crippen LogP contribution is 2.29. The van der Waals surface area contributed by atoms with E-state index < -0.39 is 0 Å². The highest BCUT2D eigenvalue weighted by Gasteiger charge is 2.09. The molecule has 8 N–H and O–H groups in total. The molecule has 0 saturated carbocycles. The van der Waals surface area contributed by atoms with Gasteiger partial charge < -0.3 is 27.8 Å². The Bertz CT molecular complexity index is 594. The summed E-state index contributed by atoms with van der Waals surface area (Å²) in [5, 5.41) is 0. The van der Waals surface area contributed by atoms with E-state index in [1.54, 1.807) is 18.2 Å². The molecule has 0 unspecified atom stereocenters. The van der Waals surface area contributed by atoms with Crippen molar-refractivity contribution in [3.63, 3.8) is 0 Å². The van der Waals surface area contributed by atoms with Gasteiger partial charge in [0, 0.05) is 25.0 Å². The van der Waals surface area contributed by atoms with Crippen LogP contribution in [0.3, 0.4) is 0 Å². The molecule has 0 saturated heterocycles. The van der Waals surface area contributed by atoms with E-state index in [0.29, 0.717) is 29.3 Å². The minimum Gasteiger partial charge on any atom is -0.399 e. The van der Waals surface area contributed by atoms with Crippen molar-refractivity contribution in [2.45, 2.75) is 6.54 Å². The lowest BCUT2D eigenvalue weighted by atomic mass is 10.1. The van der Waals surface area contributed by atoms with Crippen LogP contribution in [0.2, 0.25) is 0 Å². The second kappa shape index (κ2) is 4.97. The Balaban J connectivity index is 2.28. The monoisotopic (exact) mass is 257 g/mol. The number of benzene rings is 2. The number of nitrogens with zero attached hydrogens (tertiary/aromatic N) is 1. The number of hydrogen-bond acceptors (Lipinski definition) is 5. The lowest BCUT2D eigenvalue weighted by Crippen LogP contribution is -2.19. The predicted molar refractivity (Wildman–Crippen MR) is 82.6 cm³/mol. The molecule has 19 heavy (non-hydrogen) atoms. The van der Waals surface area contributed by atoms with Crippen molar-refractivity contribution in [3.05, 3.63) is 42.0 Å². The molecule has 0 spiro atoms. The fourth-order valence-electron chi connectivity index (χ4n) is 2.01. The van der Waals surface area contributed by atoms with Gasteiger partial charge in [-0.05, 0) is 35.9 Å². The Morgan fingerprint density at radius 2 is 1.68 bits per heavy atom. The van der Waals surface area contributed by atoms with E-state index in [2.05, 4.69) is 0 Å². The molecule has 0 aromatic heterocycles. The van der Waals surface area contributed by atoms with Gasteiger partial charge in [-0.1, -0.05) is 6.07 Å². The van der Waals surface area contributed by atoms with Crippen molar-refractivity contribution in [1.82, 2.24) is 0 Å². The zero-order valence-corrected chi connectivity index (χ0v) is 10.9. The quantitative estimate of drug-likeness (QED) is 0.625. The second-order valence-electron chi connectivity index (χ2n) is 4.59. The summed E-state index contributed by atoms with van der Waals surface area (Å²) in [6.07, 6.45) is 0. The standard InChI is InChI=1S/C14H19N5/c1-19(13-4-2-3-12(17)14(13)18)8-9-7-10(15)5-6-11(9)16/h2-7H,8,15-18H2,1H3. The summed E-state index contributed by atoms with van der Waals surface area (Å²) in [7, 11) is 1.94. The molecule has 2 aromatic carbocycles. The Labute approximate surface area is 112 Å². The van der Waals surface area contributed by atoms with E-state index in [-0.39, 0.29) is 0 Å². The van der Waals surface area contributed by atoms with Crippen LogP contribution in [0.1, 0.15) is 5.56 Å². The second-order valence-corrected chi connectivity index (χ2v) is 4.59. The van der Waals surface area contributed by atoms with Crippen LogP contribution in [0.4, 0.5) is 28.4 Å². The molecule has 100 valence electrons. The van der Waals surface area contributed by atoms with Gasteiger partial charge in [-0.25, -0.2) is 0 Å². The summed E-state index contributed by atoms with van der Waals surface area (Å²) in [6.45, 7) is 0.616. The lowest BCUT2D eigenvalue weighted by molar-refractivity contribution is 0.928. The highest BCUT2D eigenvalue weighted by atomic mass is 15.1. The Kier molecular flexibility index (Phi) is 3.37. The summed E-state index contributed by atoms with van der Waals surface area (Å²) < 4.78 is 0. The molecule has 0 amide bonds. The van der Waals surface area contributed by atoms with E-state index in [4.69, 9.17) is 22.9 Å². The first-order valence-electron chi connectivity index (χ1n) is 5.98. The highest BCUT2D eigenvalue weighted by molar-refractivity contribution is 5.79. The van der Waals surface area contributed by atoms with Gasteiger partial charge >= 0.3 is 0 Å². The van der Waals surface area contributed by atoms with Crippen LogP contribution in [-0.2, 0) is 6.54 Å². The van der Waals surface area contributed by atoms with Crippen LogP contribution < -0.4 is 27.8 Å². The van der Waals surface area contributed by atoms with Gasteiger partial charge in [-0.15, -0.1) is 0 Å². The van der Waals surface area contributed by atoms with Gasteiger partial charge in [-0.3, -0.25) is 0 Å². The summed E-state index contributed by atoms with van der Waals surface area (Å²) in [6, 6.07) is 11.0. The van der Waals surface area contributed by atoms with E-state index >= 15 is 0 Å². The zero-order valence-electron chi connectivity index (χ0n) is 10.9. The summed E-state index contributed by atoms with van der Waals surface area (Å²) in [4.78, 5) is 2.00. The number of rotatable bonds is 3. The number of nitrogens with two attached hydrogens (primary N) is 4. The van der Waals surface area contributed by atoms with Gasteiger partial charge in [0.15, 0.2) is 0 Å². The molecule has 0 bridgehead atoms. The van der Waals surface area contributed by atoms with Gasteiger partial charge in [0.05, 0.1) is 17.1 Å². The van der Waals surface area contributed by atoms with Crippen LogP contribution in [0.15, 0.2) is 36.4 Å². The molecular formula is C14H19N5. The van der Waals surface area contributed by atoms with Crippen molar-refractivity contribution in [1.29, 1.82) is 0 Å².